The molecular weight excluding hydrogens is 366 g/mol. The molecule has 29 heavy (non-hydrogen) atoms. The Morgan fingerprint density at radius 3 is 2.69 bits per heavy atom. The zero-order valence-electron chi connectivity index (χ0n) is 17.7. The fraction of sp³-hybridized carbons (Fsp3) is 0.409. The number of benzene rings is 1. The van der Waals surface area contributed by atoms with Gasteiger partial charge in [0, 0.05) is 25.7 Å². The highest BCUT2D eigenvalue weighted by molar-refractivity contribution is 5.90. The molecule has 1 amide bonds. The van der Waals surface area contributed by atoms with E-state index in [1.165, 1.54) is 5.56 Å². The van der Waals surface area contributed by atoms with Gasteiger partial charge < -0.3 is 20.7 Å². The summed E-state index contributed by atoms with van der Waals surface area (Å²) in [5.41, 5.74) is 3.37. The number of carbonyl (C=O) groups excluding carboxylic acids is 1. The predicted octanol–water partition coefficient (Wildman–Crippen LogP) is 2.83. The highest BCUT2D eigenvalue weighted by Gasteiger charge is 2.04. The van der Waals surface area contributed by atoms with Crippen LogP contribution in [0.4, 0.5) is 5.82 Å². The molecule has 0 bridgehead atoms. The summed E-state index contributed by atoms with van der Waals surface area (Å²) in [6.07, 6.45) is 2.87. The van der Waals surface area contributed by atoms with Crippen LogP contribution in [0.1, 0.15) is 30.0 Å². The summed E-state index contributed by atoms with van der Waals surface area (Å²) in [6.45, 7) is 7.88. The number of anilines is 1. The minimum atomic E-state index is -0.104. The lowest BCUT2D eigenvalue weighted by Crippen LogP contribution is -2.38. The first kappa shape index (κ1) is 22.2. The number of aryl methyl sites for hydroxylation is 2. The van der Waals surface area contributed by atoms with E-state index < -0.39 is 0 Å². The van der Waals surface area contributed by atoms with Crippen LogP contribution in [0.25, 0.3) is 0 Å². The van der Waals surface area contributed by atoms with Crippen LogP contribution in [0.5, 0.6) is 5.75 Å². The van der Waals surface area contributed by atoms with E-state index >= 15 is 0 Å². The summed E-state index contributed by atoms with van der Waals surface area (Å²) in [4.78, 5) is 20.7. The van der Waals surface area contributed by atoms with E-state index in [2.05, 4.69) is 44.1 Å². The number of aromatic nitrogens is 1. The predicted molar refractivity (Wildman–Crippen MR) is 118 cm³/mol. The number of aliphatic imine (C=N–C) groups is 1. The van der Waals surface area contributed by atoms with Crippen LogP contribution >= 0.6 is 0 Å². The summed E-state index contributed by atoms with van der Waals surface area (Å²) in [7, 11) is 1.69. The molecule has 0 atom stereocenters. The number of nitrogens with zero attached hydrogens (tertiary/aromatic N) is 2. The molecule has 0 saturated carbocycles. The fourth-order valence-electron chi connectivity index (χ4n) is 2.70. The van der Waals surface area contributed by atoms with Crippen molar-refractivity contribution in [3.8, 4) is 5.75 Å². The van der Waals surface area contributed by atoms with Crippen LogP contribution in [0.15, 0.2) is 41.5 Å². The highest BCUT2D eigenvalue weighted by Crippen LogP contribution is 2.18. The maximum absolute atomic E-state index is 12.1. The number of hydrogen-bond acceptors (Lipinski definition) is 4. The molecule has 156 valence electrons. The SMILES string of the molecule is CCNC(=NCCC(=O)Nc1ccc(C)cn1)NCCc1ccc(C)c(OC)c1. The van der Waals surface area contributed by atoms with Gasteiger partial charge in [-0.25, -0.2) is 4.98 Å². The average molecular weight is 398 g/mol. The number of methoxy groups -OCH3 is 1. The Balaban J connectivity index is 1.79. The van der Waals surface area contributed by atoms with Crippen molar-refractivity contribution in [2.75, 3.05) is 32.1 Å². The van der Waals surface area contributed by atoms with Gasteiger partial charge in [0.1, 0.15) is 11.6 Å². The zero-order chi connectivity index (χ0) is 21.1. The molecule has 7 heteroatoms. The Kier molecular flexibility index (Phi) is 8.95. The summed E-state index contributed by atoms with van der Waals surface area (Å²) in [5.74, 6) is 2.06. The normalized spacial score (nSPS) is 11.1. The third kappa shape index (κ3) is 7.81. The highest BCUT2D eigenvalue weighted by atomic mass is 16.5. The third-order valence-electron chi connectivity index (χ3n) is 4.31. The minimum Gasteiger partial charge on any atom is -0.496 e. The third-order valence-corrected chi connectivity index (χ3v) is 4.31. The second-order valence-corrected chi connectivity index (χ2v) is 6.76. The van der Waals surface area contributed by atoms with Gasteiger partial charge >= 0.3 is 0 Å². The number of guanidine groups is 1. The van der Waals surface area contributed by atoms with Crippen LogP contribution in [-0.4, -0.2) is 43.6 Å². The van der Waals surface area contributed by atoms with Gasteiger partial charge in [0.2, 0.25) is 5.91 Å². The Morgan fingerprint density at radius 2 is 2.00 bits per heavy atom. The average Bonchev–Trinajstić information content (AvgIpc) is 2.71. The first-order valence-corrected chi connectivity index (χ1v) is 9.90. The molecule has 0 aliphatic carbocycles. The number of hydrogen-bond donors (Lipinski definition) is 3. The van der Waals surface area contributed by atoms with Gasteiger partial charge in [0.25, 0.3) is 0 Å². The Morgan fingerprint density at radius 1 is 1.17 bits per heavy atom. The zero-order valence-corrected chi connectivity index (χ0v) is 17.7. The Bertz CT molecular complexity index is 818. The summed E-state index contributed by atoms with van der Waals surface area (Å²) >= 11 is 0. The first-order chi connectivity index (χ1) is 14.0. The fourth-order valence-corrected chi connectivity index (χ4v) is 2.70. The van der Waals surface area contributed by atoms with Gasteiger partial charge in [-0.05, 0) is 56.0 Å². The number of pyridine rings is 1. The van der Waals surface area contributed by atoms with E-state index in [9.17, 15) is 4.79 Å². The number of rotatable bonds is 9. The molecule has 0 unspecified atom stereocenters. The Labute approximate surface area is 173 Å². The van der Waals surface area contributed by atoms with E-state index in [-0.39, 0.29) is 5.91 Å². The van der Waals surface area contributed by atoms with Crippen molar-refractivity contribution in [2.24, 2.45) is 4.99 Å². The topological polar surface area (TPSA) is 87.6 Å². The maximum Gasteiger partial charge on any atom is 0.227 e. The van der Waals surface area contributed by atoms with E-state index in [4.69, 9.17) is 4.74 Å². The lowest BCUT2D eigenvalue weighted by atomic mass is 10.1. The summed E-state index contributed by atoms with van der Waals surface area (Å²) in [6, 6.07) is 9.94. The van der Waals surface area contributed by atoms with Crippen molar-refractivity contribution in [2.45, 2.75) is 33.6 Å². The number of carbonyl (C=O) groups is 1. The van der Waals surface area contributed by atoms with E-state index in [0.717, 1.165) is 36.4 Å². The number of amides is 1. The lowest BCUT2D eigenvalue weighted by molar-refractivity contribution is -0.116. The summed E-state index contributed by atoms with van der Waals surface area (Å²) < 4.78 is 5.38. The molecule has 1 aromatic carbocycles. The molecule has 3 N–H and O–H groups in total. The van der Waals surface area contributed by atoms with Crippen LogP contribution in [0.2, 0.25) is 0 Å². The monoisotopic (exact) mass is 397 g/mol. The van der Waals surface area contributed by atoms with Gasteiger partial charge in [-0.15, -0.1) is 0 Å². The maximum atomic E-state index is 12.1. The van der Waals surface area contributed by atoms with E-state index in [0.29, 0.717) is 24.7 Å². The van der Waals surface area contributed by atoms with Crippen molar-refractivity contribution in [1.82, 2.24) is 15.6 Å². The standard InChI is InChI=1S/C22H31N5O2/c1-5-23-22(24-12-10-18-8-7-17(3)19(14-18)29-4)25-13-11-21(28)27-20-9-6-16(2)15-26-20/h6-9,14-15H,5,10-13H2,1-4H3,(H2,23,24,25)(H,26,27,28). The van der Waals surface area contributed by atoms with Crippen molar-refractivity contribution >= 4 is 17.7 Å². The molecule has 0 saturated heterocycles. The van der Waals surface area contributed by atoms with Gasteiger partial charge in [0.05, 0.1) is 13.7 Å². The largest absolute Gasteiger partial charge is 0.496 e. The van der Waals surface area contributed by atoms with Crippen molar-refractivity contribution in [1.29, 1.82) is 0 Å². The molecule has 0 aliphatic heterocycles. The second-order valence-electron chi connectivity index (χ2n) is 6.76. The quantitative estimate of drug-likeness (QED) is 0.447. The molecule has 1 aromatic heterocycles. The van der Waals surface area contributed by atoms with Crippen LogP contribution in [-0.2, 0) is 11.2 Å². The molecule has 0 aliphatic rings. The van der Waals surface area contributed by atoms with E-state index in [1.54, 1.807) is 19.4 Å². The van der Waals surface area contributed by atoms with Crippen LogP contribution in [0.3, 0.4) is 0 Å². The van der Waals surface area contributed by atoms with Crippen molar-refractivity contribution in [3.63, 3.8) is 0 Å². The molecule has 1 heterocycles. The van der Waals surface area contributed by atoms with Gasteiger partial charge in [-0.1, -0.05) is 18.2 Å². The van der Waals surface area contributed by atoms with Crippen LogP contribution in [0, 0.1) is 13.8 Å². The second kappa shape index (κ2) is 11.7. The molecular formula is C22H31N5O2. The number of ether oxygens (including phenoxy) is 1. The molecule has 0 radical (unpaired) electrons. The lowest BCUT2D eigenvalue weighted by Gasteiger charge is -2.12. The minimum absolute atomic E-state index is 0.104. The Hall–Kier alpha value is -3.09. The molecule has 0 fully saturated rings. The molecule has 7 nitrogen and oxygen atoms in total. The molecule has 2 aromatic rings. The summed E-state index contributed by atoms with van der Waals surface area (Å²) in [5, 5.41) is 9.29. The smallest absolute Gasteiger partial charge is 0.227 e. The van der Waals surface area contributed by atoms with Gasteiger partial charge in [-0.2, -0.15) is 0 Å². The van der Waals surface area contributed by atoms with Gasteiger partial charge in [-0.3, -0.25) is 9.79 Å². The van der Waals surface area contributed by atoms with Gasteiger partial charge in [0.15, 0.2) is 5.96 Å². The molecule has 2 rings (SSSR count). The number of nitrogens with one attached hydrogen (secondary N) is 3. The molecule has 0 spiro atoms. The van der Waals surface area contributed by atoms with Crippen LogP contribution < -0.4 is 20.7 Å². The van der Waals surface area contributed by atoms with Crippen molar-refractivity contribution < 1.29 is 9.53 Å². The van der Waals surface area contributed by atoms with E-state index in [1.807, 2.05) is 26.8 Å². The first-order valence-electron chi connectivity index (χ1n) is 9.90. The van der Waals surface area contributed by atoms with Crippen molar-refractivity contribution in [3.05, 3.63) is 53.2 Å².